The Kier molecular flexibility index (Phi) is 6.05. The number of aromatic nitrogens is 2. The van der Waals surface area contributed by atoms with Crippen LogP contribution < -0.4 is 0 Å². The molecule has 7 aromatic carbocycles. The number of hydrogen-bond acceptors (Lipinski definition) is 1. The molecule has 0 amide bonds. The molecule has 0 aliphatic heterocycles. The number of hydrogen-bond donors (Lipinski definition) is 0. The Balaban J connectivity index is 1.13. The average molecular weight is 645 g/mol. The van der Waals surface area contributed by atoms with Gasteiger partial charge in [-0.1, -0.05) is 93.1 Å². The van der Waals surface area contributed by atoms with Gasteiger partial charge in [-0.3, -0.25) is 0 Å². The number of fused-ring (bicyclic) bond motifs is 9. The van der Waals surface area contributed by atoms with Crippen LogP contribution in [0.2, 0.25) is 0 Å². The summed E-state index contributed by atoms with van der Waals surface area (Å²) in [5.41, 5.74) is 13.9. The van der Waals surface area contributed by atoms with Crippen LogP contribution in [0.4, 0.5) is 0 Å². The van der Waals surface area contributed by atoms with E-state index >= 15 is 0 Å². The summed E-state index contributed by atoms with van der Waals surface area (Å²) < 4.78 is 11.2. The zero-order chi connectivity index (χ0) is 33.7. The lowest BCUT2D eigenvalue weighted by molar-refractivity contribution is 0.591. The molecule has 3 nitrogen and oxygen atoms in total. The van der Waals surface area contributed by atoms with Crippen LogP contribution in [0.25, 0.3) is 88.1 Å². The fourth-order valence-corrected chi connectivity index (χ4v) is 7.99. The second kappa shape index (κ2) is 10.5. The predicted molar refractivity (Wildman–Crippen MR) is 211 cm³/mol. The van der Waals surface area contributed by atoms with Crippen molar-refractivity contribution >= 4 is 65.6 Å². The maximum atomic E-state index is 6.41. The molecule has 10 aromatic rings. The van der Waals surface area contributed by atoms with Crippen molar-refractivity contribution in [2.45, 2.75) is 33.1 Å². The van der Waals surface area contributed by atoms with Crippen LogP contribution in [0.3, 0.4) is 0 Å². The highest BCUT2D eigenvalue weighted by molar-refractivity contribution is 6.12. The highest BCUT2D eigenvalue weighted by atomic mass is 16.3. The maximum absolute atomic E-state index is 6.41. The minimum atomic E-state index is 0.0799. The van der Waals surface area contributed by atoms with E-state index in [1.807, 2.05) is 0 Å². The van der Waals surface area contributed by atoms with Crippen molar-refractivity contribution in [3.8, 4) is 22.5 Å². The summed E-state index contributed by atoms with van der Waals surface area (Å²) >= 11 is 0. The van der Waals surface area contributed by atoms with Gasteiger partial charge in [0, 0.05) is 43.7 Å². The third kappa shape index (κ3) is 4.29. The van der Waals surface area contributed by atoms with Gasteiger partial charge in [-0.2, -0.15) is 0 Å². The summed E-state index contributed by atoms with van der Waals surface area (Å²) in [4.78, 5) is 0. The third-order valence-electron chi connectivity index (χ3n) is 10.5. The van der Waals surface area contributed by atoms with E-state index in [0.717, 1.165) is 38.9 Å². The molecule has 3 heteroatoms. The standard InChI is InChI=1S/C47H36N2O/c1-29-16-20-43-37(24-29)35-12-5-7-14-41(35)49(43)34-19-23-46-40(28-34)39-26-31(17-22-45(39)50-46)30-10-9-11-33(25-30)48-42-15-8-6-13-36(42)38-27-32(47(2,3)4)18-21-44(38)48/h5-28H,1-4H3. The lowest BCUT2D eigenvalue weighted by Crippen LogP contribution is -2.10. The molecule has 0 unspecified atom stereocenters. The Bertz CT molecular complexity index is 2980. The van der Waals surface area contributed by atoms with Crippen molar-refractivity contribution in [3.05, 3.63) is 157 Å². The van der Waals surface area contributed by atoms with Gasteiger partial charge in [0.25, 0.3) is 0 Å². The molecule has 0 N–H and O–H groups in total. The van der Waals surface area contributed by atoms with Crippen LogP contribution in [0.1, 0.15) is 31.9 Å². The van der Waals surface area contributed by atoms with E-state index < -0.39 is 0 Å². The van der Waals surface area contributed by atoms with Gasteiger partial charge in [0.05, 0.1) is 22.1 Å². The Labute approximate surface area is 290 Å². The van der Waals surface area contributed by atoms with E-state index in [4.69, 9.17) is 4.42 Å². The van der Waals surface area contributed by atoms with Gasteiger partial charge in [0.2, 0.25) is 0 Å². The quantitative estimate of drug-likeness (QED) is 0.188. The molecule has 0 atom stereocenters. The second-order valence-corrected chi connectivity index (χ2v) is 14.8. The highest BCUT2D eigenvalue weighted by Gasteiger charge is 2.19. The van der Waals surface area contributed by atoms with Crippen LogP contribution >= 0.6 is 0 Å². The third-order valence-corrected chi connectivity index (χ3v) is 10.5. The lowest BCUT2D eigenvalue weighted by Gasteiger charge is -2.19. The number of rotatable bonds is 3. The van der Waals surface area contributed by atoms with Gasteiger partial charge in [-0.05, 0) is 108 Å². The first-order chi connectivity index (χ1) is 24.3. The SMILES string of the molecule is Cc1ccc2c(c1)c1ccccc1n2-c1ccc2oc3ccc(-c4cccc(-n5c6ccccc6c6cc(C(C)(C)C)ccc65)c4)cc3c2c1. The van der Waals surface area contributed by atoms with E-state index in [9.17, 15) is 0 Å². The first-order valence-electron chi connectivity index (χ1n) is 17.4. The largest absolute Gasteiger partial charge is 0.456 e. The van der Waals surface area contributed by atoms with Crippen LogP contribution in [-0.2, 0) is 5.41 Å². The molecule has 3 aromatic heterocycles. The summed E-state index contributed by atoms with van der Waals surface area (Å²) in [6.45, 7) is 9.00. The molecule has 0 saturated carbocycles. The van der Waals surface area contributed by atoms with Crippen LogP contribution in [-0.4, -0.2) is 9.13 Å². The first kappa shape index (κ1) is 28.9. The van der Waals surface area contributed by atoms with Gasteiger partial charge in [-0.15, -0.1) is 0 Å². The summed E-state index contributed by atoms with van der Waals surface area (Å²) in [6.07, 6.45) is 0. The van der Waals surface area contributed by atoms with E-state index in [-0.39, 0.29) is 5.41 Å². The highest BCUT2D eigenvalue weighted by Crippen LogP contribution is 2.39. The molecule has 0 aliphatic carbocycles. The van der Waals surface area contributed by atoms with Crippen LogP contribution in [0.5, 0.6) is 0 Å². The van der Waals surface area contributed by atoms with Gasteiger partial charge in [-0.25, -0.2) is 0 Å². The fraction of sp³-hybridized carbons (Fsp3) is 0.106. The number of benzene rings is 7. The van der Waals surface area contributed by atoms with E-state index in [1.54, 1.807) is 0 Å². The molecule has 0 radical (unpaired) electrons. The van der Waals surface area contributed by atoms with Gasteiger partial charge in [0.1, 0.15) is 11.2 Å². The summed E-state index contributed by atoms with van der Waals surface area (Å²) in [5, 5.41) is 7.35. The molecule has 240 valence electrons. The number of furan rings is 1. The Hall–Kier alpha value is -6.06. The average Bonchev–Trinajstić information content (AvgIpc) is 3.78. The van der Waals surface area contributed by atoms with E-state index in [1.165, 1.54) is 60.3 Å². The Morgan fingerprint density at radius 3 is 1.72 bits per heavy atom. The molecule has 3 heterocycles. The Morgan fingerprint density at radius 2 is 1.00 bits per heavy atom. The lowest BCUT2D eigenvalue weighted by atomic mass is 9.86. The first-order valence-corrected chi connectivity index (χ1v) is 17.4. The second-order valence-electron chi connectivity index (χ2n) is 14.8. The Morgan fingerprint density at radius 1 is 0.420 bits per heavy atom. The van der Waals surface area contributed by atoms with Gasteiger partial charge >= 0.3 is 0 Å². The summed E-state index contributed by atoms with van der Waals surface area (Å²) in [5.74, 6) is 0. The number of aryl methyl sites for hydroxylation is 1. The van der Waals surface area contributed by atoms with Gasteiger partial charge < -0.3 is 13.6 Å². The van der Waals surface area contributed by atoms with Crippen LogP contribution in [0, 0.1) is 6.92 Å². The van der Waals surface area contributed by atoms with Crippen LogP contribution in [0.15, 0.2) is 150 Å². The molecule has 0 saturated heterocycles. The van der Waals surface area contributed by atoms with Crippen molar-refractivity contribution in [2.75, 3.05) is 0 Å². The molecule has 0 aliphatic rings. The topological polar surface area (TPSA) is 23.0 Å². The molecule has 0 bridgehead atoms. The van der Waals surface area contributed by atoms with Gasteiger partial charge in [0.15, 0.2) is 0 Å². The van der Waals surface area contributed by atoms with Crippen molar-refractivity contribution in [1.29, 1.82) is 0 Å². The number of para-hydroxylation sites is 2. The van der Waals surface area contributed by atoms with E-state index in [0.29, 0.717) is 0 Å². The molecule has 10 rings (SSSR count). The smallest absolute Gasteiger partial charge is 0.135 e. The zero-order valence-electron chi connectivity index (χ0n) is 28.7. The van der Waals surface area contributed by atoms with E-state index in [2.05, 4.69) is 182 Å². The normalized spacial score (nSPS) is 12.4. The molecular formula is C47H36N2O. The fourth-order valence-electron chi connectivity index (χ4n) is 7.99. The minimum absolute atomic E-state index is 0.0799. The number of nitrogens with zero attached hydrogens (tertiary/aromatic N) is 2. The molecule has 0 spiro atoms. The summed E-state index contributed by atoms with van der Waals surface area (Å²) in [6, 6.07) is 53.3. The molecular weight excluding hydrogens is 609 g/mol. The maximum Gasteiger partial charge on any atom is 0.135 e. The van der Waals surface area contributed by atoms with Crippen molar-refractivity contribution < 1.29 is 4.42 Å². The molecule has 50 heavy (non-hydrogen) atoms. The van der Waals surface area contributed by atoms with Crippen molar-refractivity contribution in [1.82, 2.24) is 9.13 Å². The van der Waals surface area contributed by atoms with Crippen molar-refractivity contribution in [3.63, 3.8) is 0 Å². The zero-order valence-corrected chi connectivity index (χ0v) is 28.7. The summed E-state index contributed by atoms with van der Waals surface area (Å²) in [7, 11) is 0. The monoisotopic (exact) mass is 644 g/mol. The predicted octanol–water partition coefficient (Wildman–Crippen LogP) is 13.1. The van der Waals surface area contributed by atoms with Crippen molar-refractivity contribution in [2.24, 2.45) is 0 Å². The minimum Gasteiger partial charge on any atom is -0.456 e. The molecule has 0 fully saturated rings.